The number of ether oxygens (including phenoxy) is 1. The van der Waals surface area contributed by atoms with Gasteiger partial charge in [0.1, 0.15) is 23.2 Å². The monoisotopic (exact) mass is 345 g/mol. The molecule has 2 aromatic heterocycles. The van der Waals surface area contributed by atoms with E-state index in [0.717, 1.165) is 18.5 Å². The van der Waals surface area contributed by atoms with Crippen LogP contribution in [0.25, 0.3) is 0 Å². The van der Waals surface area contributed by atoms with Crippen molar-refractivity contribution < 1.29 is 14.1 Å². The fourth-order valence-corrected chi connectivity index (χ4v) is 3.12. The van der Waals surface area contributed by atoms with E-state index in [1.807, 2.05) is 17.9 Å². The first-order valence-corrected chi connectivity index (χ1v) is 8.43. The number of carbonyl (C=O) groups is 1. The van der Waals surface area contributed by atoms with Gasteiger partial charge in [0.25, 0.3) is 11.5 Å². The van der Waals surface area contributed by atoms with Gasteiger partial charge in [-0.2, -0.15) is 0 Å². The summed E-state index contributed by atoms with van der Waals surface area (Å²) in [6.45, 7) is 6.62. The van der Waals surface area contributed by atoms with Crippen molar-refractivity contribution in [2.24, 2.45) is 7.05 Å². The fourth-order valence-electron chi connectivity index (χ4n) is 3.12. The van der Waals surface area contributed by atoms with Crippen molar-refractivity contribution in [1.82, 2.24) is 14.6 Å². The largest absolute Gasteiger partial charge is 0.490 e. The molecule has 7 nitrogen and oxygen atoms in total. The Morgan fingerprint density at radius 2 is 1.92 bits per heavy atom. The van der Waals surface area contributed by atoms with Crippen LogP contribution in [0.3, 0.4) is 0 Å². The number of aryl methyl sites for hydroxylation is 3. The minimum Gasteiger partial charge on any atom is -0.490 e. The second-order valence-corrected chi connectivity index (χ2v) is 6.54. The van der Waals surface area contributed by atoms with Gasteiger partial charge in [-0.3, -0.25) is 9.59 Å². The summed E-state index contributed by atoms with van der Waals surface area (Å²) >= 11 is 0. The van der Waals surface area contributed by atoms with Crippen LogP contribution in [-0.4, -0.2) is 39.7 Å². The Bertz CT molecular complexity index is 825. The smallest absolute Gasteiger partial charge is 0.259 e. The van der Waals surface area contributed by atoms with Gasteiger partial charge in [0, 0.05) is 44.7 Å². The molecule has 0 unspecified atom stereocenters. The third kappa shape index (κ3) is 3.45. The topological polar surface area (TPSA) is 77.6 Å². The molecule has 0 aliphatic carbocycles. The first-order valence-electron chi connectivity index (χ1n) is 8.43. The van der Waals surface area contributed by atoms with Crippen molar-refractivity contribution in [3.8, 4) is 5.75 Å². The van der Waals surface area contributed by atoms with E-state index in [-0.39, 0.29) is 17.6 Å². The van der Waals surface area contributed by atoms with Crippen molar-refractivity contribution in [3.05, 3.63) is 45.2 Å². The van der Waals surface area contributed by atoms with Gasteiger partial charge in [0.2, 0.25) is 0 Å². The van der Waals surface area contributed by atoms with Crippen molar-refractivity contribution >= 4 is 5.91 Å². The van der Waals surface area contributed by atoms with Crippen molar-refractivity contribution in [2.75, 3.05) is 13.1 Å². The number of pyridine rings is 1. The molecule has 1 aliphatic rings. The van der Waals surface area contributed by atoms with Crippen LogP contribution in [0, 0.1) is 20.8 Å². The molecule has 0 saturated carbocycles. The lowest BCUT2D eigenvalue weighted by atomic mass is 10.1. The Morgan fingerprint density at radius 3 is 2.48 bits per heavy atom. The maximum atomic E-state index is 12.6. The van der Waals surface area contributed by atoms with Crippen LogP contribution < -0.4 is 10.3 Å². The van der Waals surface area contributed by atoms with E-state index < -0.39 is 0 Å². The molecule has 0 N–H and O–H groups in total. The number of piperidine rings is 1. The minimum absolute atomic E-state index is 0.000208. The average Bonchev–Trinajstić information content (AvgIpc) is 2.91. The van der Waals surface area contributed by atoms with Crippen LogP contribution in [0.2, 0.25) is 0 Å². The van der Waals surface area contributed by atoms with E-state index in [4.69, 9.17) is 9.26 Å². The van der Waals surface area contributed by atoms with Crippen molar-refractivity contribution in [1.29, 1.82) is 0 Å². The summed E-state index contributed by atoms with van der Waals surface area (Å²) in [5.74, 6) is 1.10. The standard InChI is InChI=1S/C18H23N3O4/c1-11-9-15(10-16(22)20(11)4)24-14-5-7-21(8-6-14)18(23)17-12(2)19-25-13(17)3/h9-10,14H,5-8H2,1-4H3. The van der Waals surface area contributed by atoms with E-state index in [2.05, 4.69) is 5.16 Å². The van der Waals surface area contributed by atoms with Crippen LogP contribution in [-0.2, 0) is 7.05 Å². The second-order valence-electron chi connectivity index (χ2n) is 6.54. The van der Waals surface area contributed by atoms with Crippen LogP contribution in [0.15, 0.2) is 21.5 Å². The zero-order valence-corrected chi connectivity index (χ0v) is 15.0. The number of aromatic nitrogens is 2. The molecule has 7 heteroatoms. The Hall–Kier alpha value is -2.57. The maximum absolute atomic E-state index is 12.6. The number of likely N-dealkylation sites (tertiary alicyclic amines) is 1. The lowest BCUT2D eigenvalue weighted by molar-refractivity contribution is 0.0593. The maximum Gasteiger partial charge on any atom is 0.259 e. The van der Waals surface area contributed by atoms with Gasteiger partial charge < -0.3 is 18.7 Å². The van der Waals surface area contributed by atoms with E-state index in [9.17, 15) is 9.59 Å². The van der Waals surface area contributed by atoms with Crippen LogP contribution in [0.5, 0.6) is 5.75 Å². The zero-order valence-electron chi connectivity index (χ0n) is 15.0. The zero-order chi connectivity index (χ0) is 18.1. The Balaban J connectivity index is 1.62. The molecule has 0 atom stereocenters. The molecule has 0 radical (unpaired) electrons. The minimum atomic E-state index is -0.0824. The molecular weight excluding hydrogens is 322 g/mol. The number of rotatable bonds is 3. The molecule has 2 aromatic rings. The molecule has 0 aromatic carbocycles. The number of amides is 1. The summed E-state index contributed by atoms with van der Waals surface area (Å²) in [7, 11) is 1.74. The summed E-state index contributed by atoms with van der Waals surface area (Å²) in [4.78, 5) is 26.3. The summed E-state index contributed by atoms with van der Waals surface area (Å²) < 4.78 is 12.6. The van der Waals surface area contributed by atoms with E-state index in [0.29, 0.717) is 35.9 Å². The molecular formula is C18H23N3O4. The molecule has 3 rings (SSSR count). The van der Waals surface area contributed by atoms with Crippen LogP contribution >= 0.6 is 0 Å². The highest BCUT2D eigenvalue weighted by Crippen LogP contribution is 2.22. The number of carbonyl (C=O) groups excluding carboxylic acids is 1. The molecule has 1 amide bonds. The molecule has 1 fully saturated rings. The van der Waals surface area contributed by atoms with Gasteiger partial charge in [-0.1, -0.05) is 5.16 Å². The van der Waals surface area contributed by atoms with Gasteiger partial charge in [-0.05, 0) is 26.8 Å². The third-order valence-electron chi connectivity index (χ3n) is 4.76. The average molecular weight is 345 g/mol. The van der Waals surface area contributed by atoms with Gasteiger partial charge in [-0.25, -0.2) is 0 Å². The highest BCUT2D eigenvalue weighted by Gasteiger charge is 2.28. The van der Waals surface area contributed by atoms with Crippen molar-refractivity contribution in [2.45, 2.75) is 39.7 Å². The Kier molecular flexibility index (Phi) is 4.65. The van der Waals surface area contributed by atoms with Gasteiger partial charge in [0.15, 0.2) is 0 Å². The quantitative estimate of drug-likeness (QED) is 0.850. The van der Waals surface area contributed by atoms with E-state index in [1.54, 1.807) is 25.5 Å². The summed E-state index contributed by atoms with van der Waals surface area (Å²) in [5.41, 5.74) is 1.95. The number of hydrogen-bond donors (Lipinski definition) is 0. The first kappa shape index (κ1) is 17.3. The molecule has 3 heterocycles. The van der Waals surface area contributed by atoms with Gasteiger partial charge in [-0.15, -0.1) is 0 Å². The summed E-state index contributed by atoms with van der Waals surface area (Å²) in [6.07, 6.45) is 1.45. The fraction of sp³-hybridized carbons (Fsp3) is 0.500. The number of nitrogens with zero attached hydrogens (tertiary/aromatic N) is 3. The summed E-state index contributed by atoms with van der Waals surface area (Å²) in [5, 5.41) is 3.85. The SMILES string of the molecule is Cc1noc(C)c1C(=O)N1CCC(Oc2cc(C)n(C)c(=O)c2)CC1. The van der Waals surface area contributed by atoms with Crippen molar-refractivity contribution in [3.63, 3.8) is 0 Å². The van der Waals surface area contributed by atoms with E-state index in [1.165, 1.54) is 6.07 Å². The molecule has 25 heavy (non-hydrogen) atoms. The molecule has 1 saturated heterocycles. The number of hydrogen-bond acceptors (Lipinski definition) is 5. The highest BCUT2D eigenvalue weighted by molar-refractivity contribution is 5.96. The van der Waals surface area contributed by atoms with Gasteiger partial charge >= 0.3 is 0 Å². The highest BCUT2D eigenvalue weighted by atomic mass is 16.5. The van der Waals surface area contributed by atoms with Crippen LogP contribution in [0.1, 0.15) is 40.3 Å². The molecule has 0 bridgehead atoms. The third-order valence-corrected chi connectivity index (χ3v) is 4.76. The Labute approximate surface area is 146 Å². The lowest BCUT2D eigenvalue weighted by Crippen LogP contribution is -2.42. The Morgan fingerprint density at radius 1 is 1.24 bits per heavy atom. The molecule has 1 aliphatic heterocycles. The first-order chi connectivity index (χ1) is 11.9. The predicted molar refractivity (Wildman–Crippen MR) is 92.0 cm³/mol. The van der Waals surface area contributed by atoms with Crippen LogP contribution in [0.4, 0.5) is 0 Å². The van der Waals surface area contributed by atoms with E-state index >= 15 is 0 Å². The molecule has 134 valence electrons. The lowest BCUT2D eigenvalue weighted by Gasteiger charge is -2.32. The predicted octanol–water partition coefficient (Wildman–Crippen LogP) is 1.98. The summed E-state index contributed by atoms with van der Waals surface area (Å²) in [6, 6.07) is 3.37. The second kappa shape index (κ2) is 6.74. The molecule has 0 spiro atoms. The normalized spacial score (nSPS) is 15.4. The van der Waals surface area contributed by atoms with Gasteiger partial charge in [0.05, 0.1) is 5.69 Å².